The van der Waals surface area contributed by atoms with Gasteiger partial charge in [0.05, 0.1) is 0 Å². The highest BCUT2D eigenvalue weighted by atomic mass is 79.9. The number of benzene rings is 2. The average molecular weight is 437 g/mol. The van der Waals surface area contributed by atoms with Crippen LogP contribution in [0.3, 0.4) is 0 Å². The van der Waals surface area contributed by atoms with Crippen LogP contribution in [-0.4, -0.2) is 35.9 Å². The quantitative estimate of drug-likeness (QED) is 0.688. The Hall–Kier alpha value is -2.41. The van der Waals surface area contributed by atoms with Crippen molar-refractivity contribution >= 4 is 27.7 Å². The standard InChI is InChI=1S/C20H22BrFN2O3/c1-3-23-20(26)14(2)24(12-15-5-4-6-16(21)11-15)19(25)13-27-18-9-7-17(22)8-10-18/h4-11,14H,3,12-13H2,1-2H3,(H,23,26). The maximum absolute atomic E-state index is 13.0. The lowest BCUT2D eigenvalue weighted by Crippen LogP contribution is -2.49. The SMILES string of the molecule is CCNC(=O)C(C)N(Cc1cccc(Br)c1)C(=O)COc1ccc(F)cc1. The van der Waals surface area contributed by atoms with E-state index in [0.29, 0.717) is 12.3 Å². The van der Waals surface area contributed by atoms with E-state index in [1.54, 1.807) is 6.92 Å². The van der Waals surface area contributed by atoms with Crippen molar-refractivity contribution in [1.29, 1.82) is 0 Å². The first-order chi connectivity index (χ1) is 12.9. The molecular weight excluding hydrogens is 415 g/mol. The molecule has 1 N–H and O–H groups in total. The van der Waals surface area contributed by atoms with Gasteiger partial charge in [-0.05, 0) is 55.8 Å². The molecule has 5 nitrogen and oxygen atoms in total. The predicted molar refractivity (Wildman–Crippen MR) is 105 cm³/mol. The van der Waals surface area contributed by atoms with E-state index in [1.165, 1.54) is 29.2 Å². The smallest absolute Gasteiger partial charge is 0.261 e. The molecule has 0 bridgehead atoms. The molecule has 1 atom stereocenters. The lowest BCUT2D eigenvalue weighted by molar-refractivity contribution is -0.142. The number of nitrogens with zero attached hydrogens (tertiary/aromatic N) is 1. The molecule has 0 radical (unpaired) electrons. The van der Waals surface area contributed by atoms with Crippen molar-refractivity contribution in [3.8, 4) is 5.75 Å². The number of rotatable bonds is 8. The second kappa shape index (κ2) is 10.1. The second-order valence-corrected chi connectivity index (χ2v) is 6.88. The molecule has 0 saturated carbocycles. The second-order valence-electron chi connectivity index (χ2n) is 5.96. The first-order valence-corrected chi connectivity index (χ1v) is 9.40. The highest BCUT2D eigenvalue weighted by Gasteiger charge is 2.26. The summed E-state index contributed by atoms with van der Waals surface area (Å²) in [6.45, 7) is 4.00. The van der Waals surface area contributed by atoms with Crippen molar-refractivity contribution in [2.24, 2.45) is 0 Å². The Labute approximate surface area is 166 Å². The number of nitrogens with one attached hydrogen (secondary N) is 1. The lowest BCUT2D eigenvalue weighted by Gasteiger charge is -2.28. The molecule has 0 fully saturated rings. The molecule has 0 aliphatic carbocycles. The molecule has 144 valence electrons. The Morgan fingerprint density at radius 2 is 1.93 bits per heavy atom. The van der Waals surface area contributed by atoms with Crippen LogP contribution in [0.25, 0.3) is 0 Å². The maximum atomic E-state index is 13.0. The first kappa shape index (κ1) is 20.9. The summed E-state index contributed by atoms with van der Waals surface area (Å²) in [5.74, 6) is -0.562. The fraction of sp³-hybridized carbons (Fsp3) is 0.300. The van der Waals surface area contributed by atoms with Crippen LogP contribution < -0.4 is 10.1 Å². The average Bonchev–Trinajstić information content (AvgIpc) is 2.65. The van der Waals surface area contributed by atoms with Crippen LogP contribution in [0.5, 0.6) is 5.75 Å². The van der Waals surface area contributed by atoms with Gasteiger partial charge in [-0.1, -0.05) is 28.1 Å². The van der Waals surface area contributed by atoms with Crippen LogP contribution in [0.15, 0.2) is 53.0 Å². The molecular formula is C20H22BrFN2O3. The fourth-order valence-electron chi connectivity index (χ4n) is 2.50. The van der Waals surface area contributed by atoms with E-state index in [-0.39, 0.29) is 30.8 Å². The maximum Gasteiger partial charge on any atom is 0.261 e. The Kier molecular flexibility index (Phi) is 7.79. The molecule has 0 aliphatic rings. The van der Waals surface area contributed by atoms with Crippen LogP contribution >= 0.6 is 15.9 Å². The molecule has 0 heterocycles. The van der Waals surface area contributed by atoms with E-state index in [2.05, 4.69) is 21.2 Å². The van der Waals surface area contributed by atoms with Gasteiger partial charge in [-0.2, -0.15) is 0 Å². The lowest BCUT2D eigenvalue weighted by atomic mass is 10.1. The van der Waals surface area contributed by atoms with Crippen LogP contribution in [0.4, 0.5) is 4.39 Å². The summed E-state index contributed by atoms with van der Waals surface area (Å²) in [5, 5.41) is 2.73. The number of hydrogen-bond acceptors (Lipinski definition) is 3. The summed E-state index contributed by atoms with van der Waals surface area (Å²) >= 11 is 3.41. The van der Waals surface area contributed by atoms with Gasteiger partial charge in [-0.25, -0.2) is 4.39 Å². The number of likely N-dealkylation sites (N-methyl/N-ethyl adjacent to an activating group) is 1. The number of carbonyl (C=O) groups is 2. The third-order valence-electron chi connectivity index (χ3n) is 3.94. The number of halogens is 2. The summed E-state index contributed by atoms with van der Waals surface area (Å²) in [5.41, 5.74) is 0.885. The van der Waals surface area contributed by atoms with Crippen molar-refractivity contribution in [1.82, 2.24) is 10.2 Å². The van der Waals surface area contributed by atoms with Crippen molar-refractivity contribution in [2.75, 3.05) is 13.2 Å². The summed E-state index contributed by atoms with van der Waals surface area (Å²) in [6.07, 6.45) is 0. The topological polar surface area (TPSA) is 58.6 Å². The molecule has 0 aliphatic heterocycles. The van der Waals surface area contributed by atoms with E-state index in [1.807, 2.05) is 31.2 Å². The summed E-state index contributed by atoms with van der Waals surface area (Å²) in [6, 6.07) is 12.3. The molecule has 1 unspecified atom stereocenters. The van der Waals surface area contributed by atoms with Crippen molar-refractivity contribution in [3.63, 3.8) is 0 Å². The molecule has 0 spiro atoms. The third-order valence-corrected chi connectivity index (χ3v) is 4.43. The zero-order valence-corrected chi connectivity index (χ0v) is 16.8. The summed E-state index contributed by atoms with van der Waals surface area (Å²) in [4.78, 5) is 26.5. The number of ether oxygens (including phenoxy) is 1. The van der Waals surface area contributed by atoms with Gasteiger partial charge in [0.2, 0.25) is 5.91 Å². The predicted octanol–water partition coefficient (Wildman–Crippen LogP) is 3.52. The Morgan fingerprint density at radius 1 is 1.22 bits per heavy atom. The summed E-state index contributed by atoms with van der Waals surface area (Å²) in [7, 11) is 0. The van der Waals surface area contributed by atoms with Gasteiger partial charge in [-0.15, -0.1) is 0 Å². The van der Waals surface area contributed by atoms with Crippen LogP contribution in [0, 0.1) is 5.82 Å². The minimum atomic E-state index is -0.659. The largest absolute Gasteiger partial charge is 0.484 e. The van der Waals surface area contributed by atoms with Crippen molar-refractivity contribution in [3.05, 3.63) is 64.4 Å². The minimum absolute atomic E-state index is 0.234. The van der Waals surface area contributed by atoms with Crippen LogP contribution in [0.2, 0.25) is 0 Å². The minimum Gasteiger partial charge on any atom is -0.484 e. The van der Waals surface area contributed by atoms with E-state index >= 15 is 0 Å². The van der Waals surface area contributed by atoms with Crippen LogP contribution in [-0.2, 0) is 16.1 Å². The molecule has 2 amide bonds. The van der Waals surface area contributed by atoms with Gasteiger partial charge in [0.25, 0.3) is 5.91 Å². The molecule has 27 heavy (non-hydrogen) atoms. The fourth-order valence-corrected chi connectivity index (χ4v) is 2.94. The first-order valence-electron chi connectivity index (χ1n) is 8.60. The molecule has 2 rings (SSSR count). The highest BCUT2D eigenvalue weighted by molar-refractivity contribution is 9.10. The molecule has 0 aromatic heterocycles. The number of amides is 2. The van der Waals surface area contributed by atoms with Crippen molar-refractivity contribution < 1.29 is 18.7 Å². The zero-order valence-electron chi connectivity index (χ0n) is 15.2. The van der Waals surface area contributed by atoms with E-state index in [4.69, 9.17) is 4.74 Å². The third kappa shape index (κ3) is 6.36. The van der Waals surface area contributed by atoms with Gasteiger partial charge in [0.15, 0.2) is 6.61 Å². The molecule has 0 saturated heterocycles. The van der Waals surface area contributed by atoms with E-state index in [0.717, 1.165) is 10.0 Å². The van der Waals surface area contributed by atoms with Gasteiger partial charge in [0.1, 0.15) is 17.6 Å². The monoisotopic (exact) mass is 436 g/mol. The normalized spacial score (nSPS) is 11.6. The Bertz CT molecular complexity index is 783. The van der Waals surface area contributed by atoms with Gasteiger partial charge in [0, 0.05) is 17.6 Å². The number of hydrogen-bond donors (Lipinski definition) is 1. The van der Waals surface area contributed by atoms with Gasteiger partial charge in [-0.3, -0.25) is 9.59 Å². The molecule has 2 aromatic rings. The van der Waals surface area contributed by atoms with Gasteiger partial charge < -0.3 is 15.0 Å². The van der Waals surface area contributed by atoms with Gasteiger partial charge >= 0.3 is 0 Å². The van der Waals surface area contributed by atoms with E-state index in [9.17, 15) is 14.0 Å². The highest BCUT2D eigenvalue weighted by Crippen LogP contribution is 2.16. The molecule has 7 heteroatoms. The van der Waals surface area contributed by atoms with Crippen LogP contribution in [0.1, 0.15) is 19.4 Å². The van der Waals surface area contributed by atoms with Crippen molar-refractivity contribution in [2.45, 2.75) is 26.4 Å². The van der Waals surface area contributed by atoms with E-state index < -0.39 is 6.04 Å². The summed E-state index contributed by atoms with van der Waals surface area (Å²) < 4.78 is 19.3. The number of carbonyl (C=O) groups excluding carboxylic acids is 2. The Morgan fingerprint density at radius 3 is 2.56 bits per heavy atom. The zero-order chi connectivity index (χ0) is 19.8. The molecule has 2 aromatic carbocycles. The Balaban J connectivity index is 2.12.